The number of carbonyl (C=O) groups excluding carboxylic acids is 1. The second-order valence-corrected chi connectivity index (χ2v) is 7.35. The lowest BCUT2D eigenvalue weighted by Crippen LogP contribution is -2.40. The van der Waals surface area contributed by atoms with Gasteiger partial charge >= 0.3 is 5.69 Å². The van der Waals surface area contributed by atoms with E-state index in [0.717, 1.165) is 32.0 Å². The quantitative estimate of drug-likeness (QED) is 0.800. The maximum atomic E-state index is 12.9. The van der Waals surface area contributed by atoms with Gasteiger partial charge in [0.2, 0.25) is 0 Å². The minimum absolute atomic E-state index is 0.00291. The van der Waals surface area contributed by atoms with E-state index in [9.17, 15) is 14.4 Å². The van der Waals surface area contributed by atoms with Gasteiger partial charge in [0.1, 0.15) is 4.83 Å². The van der Waals surface area contributed by atoms with E-state index in [1.165, 1.54) is 15.9 Å². The van der Waals surface area contributed by atoms with Crippen LogP contribution in [0.5, 0.6) is 0 Å². The number of ether oxygens (including phenoxy) is 1. The van der Waals surface area contributed by atoms with Crippen LogP contribution in [0.15, 0.2) is 9.59 Å². The summed E-state index contributed by atoms with van der Waals surface area (Å²) in [6.07, 6.45) is 4.41. The fraction of sp³-hybridized carbons (Fsp3) is 0.562. The van der Waals surface area contributed by atoms with E-state index in [2.05, 4.69) is 0 Å². The Hall–Kier alpha value is -1.73. The molecule has 0 spiro atoms. The molecule has 122 valence electrons. The second kappa shape index (κ2) is 5.42. The van der Waals surface area contributed by atoms with Crippen molar-refractivity contribution in [3.8, 4) is 0 Å². The van der Waals surface area contributed by atoms with Crippen molar-refractivity contribution in [1.29, 1.82) is 0 Å². The average Bonchev–Trinajstić information content (AvgIpc) is 3.11. The summed E-state index contributed by atoms with van der Waals surface area (Å²) in [6, 6.07) is 0.00845. The van der Waals surface area contributed by atoms with Gasteiger partial charge in [-0.15, -0.1) is 11.3 Å². The number of thiophene rings is 1. The van der Waals surface area contributed by atoms with Crippen LogP contribution in [0.25, 0.3) is 10.2 Å². The van der Waals surface area contributed by atoms with Gasteiger partial charge in [-0.3, -0.25) is 18.7 Å². The molecule has 6 nitrogen and oxygen atoms in total. The Kier molecular flexibility index (Phi) is 3.50. The van der Waals surface area contributed by atoms with Gasteiger partial charge in [-0.25, -0.2) is 4.79 Å². The third-order valence-electron chi connectivity index (χ3n) is 4.71. The smallest absolute Gasteiger partial charge is 0.332 e. The monoisotopic (exact) mass is 334 g/mol. The predicted molar refractivity (Wildman–Crippen MR) is 87.7 cm³/mol. The van der Waals surface area contributed by atoms with Gasteiger partial charge in [-0.05, 0) is 38.2 Å². The molecule has 2 aromatic rings. The molecule has 7 heteroatoms. The first kappa shape index (κ1) is 14.8. The first-order valence-electron chi connectivity index (χ1n) is 7.97. The minimum Gasteiger partial charge on any atom is -0.376 e. The average molecular weight is 334 g/mol. The maximum absolute atomic E-state index is 12.9. The summed E-state index contributed by atoms with van der Waals surface area (Å²) in [4.78, 5) is 38.0. The first-order chi connectivity index (χ1) is 11.1. The molecule has 23 heavy (non-hydrogen) atoms. The Bertz CT molecular complexity index is 897. The highest BCUT2D eigenvalue weighted by molar-refractivity contribution is 7.20. The van der Waals surface area contributed by atoms with Crippen molar-refractivity contribution < 1.29 is 9.53 Å². The van der Waals surface area contributed by atoms with Crippen molar-refractivity contribution in [3.63, 3.8) is 0 Å². The number of hydrogen-bond acceptors (Lipinski definition) is 5. The molecular formula is C16H18N2O4S. The molecule has 0 amide bonds. The number of carbonyl (C=O) groups is 1. The molecule has 2 aliphatic rings. The van der Waals surface area contributed by atoms with Crippen LogP contribution in [0.4, 0.5) is 0 Å². The fourth-order valence-electron chi connectivity index (χ4n) is 3.30. The molecule has 0 N–H and O–H groups in total. The summed E-state index contributed by atoms with van der Waals surface area (Å²) >= 11 is 1.23. The lowest BCUT2D eigenvalue weighted by Gasteiger charge is -2.15. The highest BCUT2D eigenvalue weighted by atomic mass is 32.1. The molecule has 1 saturated carbocycles. The van der Waals surface area contributed by atoms with Crippen molar-refractivity contribution in [2.45, 2.75) is 51.3 Å². The lowest BCUT2D eigenvalue weighted by atomic mass is 10.2. The molecule has 2 fully saturated rings. The number of aromatic nitrogens is 2. The van der Waals surface area contributed by atoms with Crippen LogP contribution >= 0.6 is 11.3 Å². The molecule has 1 aliphatic carbocycles. The highest BCUT2D eigenvalue weighted by Gasteiger charge is 2.31. The van der Waals surface area contributed by atoms with E-state index in [4.69, 9.17) is 4.74 Å². The Morgan fingerprint density at radius 2 is 2.09 bits per heavy atom. The topological polar surface area (TPSA) is 70.3 Å². The highest BCUT2D eigenvalue weighted by Crippen LogP contribution is 2.34. The van der Waals surface area contributed by atoms with Gasteiger partial charge in [-0.2, -0.15) is 0 Å². The van der Waals surface area contributed by atoms with E-state index >= 15 is 0 Å². The molecule has 3 heterocycles. The zero-order valence-electron chi connectivity index (χ0n) is 12.9. The van der Waals surface area contributed by atoms with E-state index in [1.54, 1.807) is 11.5 Å². The van der Waals surface area contributed by atoms with Crippen LogP contribution < -0.4 is 11.2 Å². The first-order valence-corrected chi connectivity index (χ1v) is 8.78. The van der Waals surface area contributed by atoms with Crippen molar-refractivity contribution in [2.24, 2.45) is 0 Å². The van der Waals surface area contributed by atoms with Gasteiger partial charge < -0.3 is 4.74 Å². The molecule has 0 aromatic carbocycles. The molecular weight excluding hydrogens is 316 g/mol. The molecule has 0 unspecified atom stereocenters. The van der Waals surface area contributed by atoms with Crippen LogP contribution in [0.2, 0.25) is 0 Å². The van der Waals surface area contributed by atoms with Crippen molar-refractivity contribution in [2.75, 3.05) is 6.61 Å². The van der Waals surface area contributed by atoms with Crippen LogP contribution in [0.1, 0.15) is 47.0 Å². The van der Waals surface area contributed by atoms with Crippen LogP contribution in [-0.4, -0.2) is 28.1 Å². The van der Waals surface area contributed by atoms with Gasteiger partial charge in [0, 0.05) is 12.6 Å². The zero-order chi connectivity index (χ0) is 16.1. The molecule has 4 rings (SSSR count). The van der Waals surface area contributed by atoms with Crippen molar-refractivity contribution in [1.82, 2.24) is 9.13 Å². The maximum Gasteiger partial charge on any atom is 0.332 e. The second-order valence-electron chi connectivity index (χ2n) is 6.32. The third-order valence-corrected chi connectivity index (χ3v) is 5.95. The molecule has 0 bridgehead atoms. The van der Waals surface area contributed by atoms with Crippen LogP contribution in [0.3, 0.4) is 0 Å². The lowest BCUT2D eigenvalue weighted by molar-refractivity contribution is 0.0966. The minimum atomic E-state index is -0.265. The van der Waals surface area contributed by atoms with Crippen molar-refractivity contribution in [3.05, 3.63) is 31.3 Å². The zero-order valence-corrected chi connectivity index (χ0v) is 13.7. The summed E-state index contributed by atoms with van der Waals surface area (Å²) < 4.78 is 8.69. The largest absolute Gasteiger partial charge is 0.376 e. The normalized spacial score (nSPS) is 21.2. The Morgan fingerprint density at radius 1 is 1.30 bits per heavy atom. The summed E-state index contributed by atoms with van der Waals surface area (Å²) in [7, 11) is 0. The van der Waals surface area contributed by atoms with Gasteiger partial charge in [0.25, 0.3) is 5.56 Å². The fourth-order valence-corrected chi connectivity index (χ4v) is 4.42. The Labute approximate surface area is 136 Å². The summed E-state index contributed by atoms with van der Waals surface area (Å²) in [5.41, 5.74) is 0.164. The summed E-state index contributed by atoms with van der Waals surface area (Å²) in [5, 5.41) is 0.515. The summed E-state index contributed by atoms with van der Waals surface area (Å²) in [5.74, 6) is 0. The number of nitrogens with zero attached hydrogens (tertiary/aromatic N) is 2. The number of aldehydes is 1. The van der Waals surface area contributed by atoms with E-state index in [0.29, 0.717) is 33.8 Å². The molecule has 1 atom stereocenters. The van der Waals surface area contributed by atoms with Gasteiger partial charge in [0.15, 0.2) is 6.29 Å². The van der Waals surface area contributed by atoms with Crippen LogP contribution in [0, 0.1) is 6.92 Å². The Morgan fingerprint density at radius 3 is 2.70 bits per heavy atom. The van der Waals surface area contributed by atoms with E-state index in [-0.39, 0.29) is 23.4 Å². The number of hydrogen-bond donors (Lipinski definition) is 0. The SMILES string of the molecule is Cc1c(C=O)sc2c1c(=O)n(C1CC1)c(=O)n2C[C@@H]1CCCO1. The Balaban J connectivity index is 2.00. The molecule has 0 radical (unpaired) electrons. The standard InChI is InChI=1S/C16H18N2O4S/c1-9-12(8-19)23-15-13(9)14(20)18(10-4-5-10)16(21)17(15)7-11-3-2-6-22-11/h8,10-11H,2-7H2,1H3/t11-/m0/s1. The van der Waals surface area contributed by atoms with Crippen LogP contribution in [-0.2, 0) is 11.3 Å². The number of rotatable bonds is 4. The van der Waals surface area contributed by atoms with Gasteiger partial charge in [-0.1, -0.05) is 0 Å². The van der Waals surface area contributed by atoms with Gasteiger partial charge in [0.05, 0.1) is 22.9 Å². The molecule has 1 aliphatic heterocycles. The van der Waals surface area contributed by atoms with E-state index in [1.807, 2.05) is 0 Å². The number of aryl methyl sites for hydroxylation is 1. The van der Waals surface area contributed by atoms with E-state index < -0.39 is 0 Å². The molecule has 2 aromatic heterocycles. The van der Waals surface area contributed by atoms with Crippen molar-refractivity contribution >= 4 is 27.8 Å². The third kappa shape index (κ3) is 2.30. The molecule has 1 saturated heterocycles. The summed E-state index contributed by atoms with van der Waals surface area (Å²) in [6.45, 7) is 2.94. The predicted octanol–water partition coefficient (Wildman–Crippen LogP) is 1.86. The number of fused-ring (bicyclic) bond motifs is 1.